The lowest BCUT2D eigenvalue weighted by molar-refractivity contribution is 0.368. The number of ether oxygens (including phenoxy) is 1. The van der Waals surface area contributed by atoms with Gasteiger partial charge < -0.3 is 10.1 Å². The molecule has 1 aliphatic rings. The molecule has 0 aliphatic carbocycles. The molecule has 0 bridgehead atoms. The van der Waals surface area contributed by atoms with Crippen molar-refractivity contribution in [2.45, 2.75) is 25.7 Å². The molecule has 2 nitrogen and oxygen atoms in total. The van der Waals surface area contributed by atoms with Crippen LogP contribution in [0.5, 0.6) is 5.75 Å². The summed E-state index contributed by atoms with van der Waals surface area (Å²) in [6.45, 7) is 3.90. The molecule has 1 unspecified atom stereocenters. The molecule has 0 spiro atoms. The van der Waals surface area contributed by atoms with E-state index in [9.17, 15) is 4.39 Å². The van der Waals surface area contributed by atoms with E-state index in [4.69, 9.17) is 4.74 Å². The molecule has 1 saturated heterocycles. The molecule has 1 atom stereocenters. The van der Waals surface area contributed by atoms with Crippen LogP contribution >= 0.6 is 0 Å². The number of halogens is 1. The van der Waals surface area contributed by atoms with Gasteiger partial charge >= 0.3 is 0 Å². The minimum Gasteiger partial charge on any atom is -0.493 e. The van der Waals surface area contributed by atoms with E-state index in [1.165, 1.54) is 13.2 Å². The van der Waals surface area contributed by atoms with Gasteiger partial charge in [-0.15, -0.1) is 0 Å². The molecule has 3 heteroatoms. The SMILES string of the molecule is COc1c(F)cc(C)cc1C1CCCNC1. The Hall–Kier alpha value is -1.09. The molecule has 1 fully saturated rings. The van der Waals surface area contributed by atoms with Gasteiger partial charge in [-0.2, -0.15) is 0 Å². The molecule has 1 aromatic carbocycles. The predicted molar refractivity (Wildman–Crippen MR) is 62.5 cm³/mol. The van der Waals surface area contributed by atoms with Crippen LogP contribution < -0.4 is 10.1 Å². The fourth-order valence-corrected chi connectivity index (χ4v) is 2.39. The van der Waals surface area contributed by atoms with Crippen molar-refractivity contribution >= 4 is 0 Å². The molecule has 0 radical (unpaired) electrons. The Morgan fingerprint density at radius 2 is 2.25 bits per heavy atom. The van der Waals surface area contributed by atoms with Crippen LogP contribution in [0.15, 0.2) is 12.1 Å². The molecule has 1 heterocycles. The van der Waals surface area contributed by atoms with Gasteiger partial charge in [-0.25, -0.2) is 4.39 Å². The fraction of sp³-hybridized carbons (Fsp3) is 0.538. The van der Waals surface area contributed by atoms with Crippen LogP contribution in [0.25, 0.3) is 0 Å². The maximum absolute atomic E-state index is 13.7. The van der Waals surface area contributed by atoms with Crippen LogP contribution in [-0.4, -0.2) is 20.2 Å². The molecule has 1 aromatic rings. The smallest absolute Gasteiger partial charge is 0.165 e. The third-order valence-electron chi connectivity index (χ3n) is 3.16. The largest absolute Gasteiger partial charge is 0.493 e. The van der Waals surface area contributed by atoms with Crippen LogP contribution in [0.1, 0.15) is 29.9 Å². The highest BCUT2D eigenvalue weighted by molar-refractivity contribution is 5.41. The minimum atomic E-state index is -0.247. The molecule has 16 heavy (non-hydrogen) atoms. The zero-order valence-electron chi connectivity index (χ0n) is 9.85. The van der Waals surface area contributed by atoms with Crippen LogP contribution in [0.3, 0.4) is 0 Å². The zero-order valence-corrected chi connectivity index (χ0v) is 9.85. The number of hydrogen-bond acceptors (Lipinski definition) is 2. The molecule has 88 valence electrons. The van der Waals surface area contributed by atoms with Crippen molar-refractivity contribution in [2.75, 3.05) is 20.2 Å². The van der Waals surface area contributed by atoms with Gasteiger partial charge in [0.15, 0.2) is 11.6 Å². The van der Waals surface area contributed by atoms with Gasteiger partial charge in [0.1, 0.15) is 0 Å². The summed E-state index contributed by atoms with van der Waals surface area (Å²) >= 11 is 0. The second-order valence-electron chi connectivity index (χ2n) is 4.41. The van der Waals surface area contributed by atoms with Crippen molar-refractivity contribution in [3.63, 3.8) is 0 Å². The standard InChI is InChI=1S/C13H18FNO/c1-9-6-11(10-4-3-5-15-8-10)13(16-2)12(14)7-9/h6-7,10,15H,3-5,8H2,1-2H3. The van der Waals surface area contributed by atoms with Gasteiger partial charge in [0.05, 0.1) is 7.11 Å². The summed E-state index contributed by atoms with van der Waals surface area (Å²) in [5.74, 6) is 0.542. The maximum Gasteiger partial charge on any atom is 0.165 e. The molecule has 1 N–H and O–H groups in total. The maximum atomic E-state index is 13.7. The lowest BCUT2D eigenvalue weighted by atomic mass is 9.90. The van der Waals surface area contributed by atoms with Crippen molar-refractivity contribution in [1.29, 1.82) is 0 Å². The Balaban J connectivity index is 2.36. The van der Waals surface area contributed by atoms with Gasteiger partial charge in [0.2, 0.25) is 0 Å². The Morgan fingerprint density at radius 1 is 1.44 bits per heavy atom. The van der Waals surface area contributed by atoms with Crippen LogP contribution in [0.2, 0.25) is 0 Å². The first-order valence-electron chi connectivity index (χ1n) is 5.77. The van der Waals surface area contributed by atoms with E-state index in [1.54, 1.807) is 0 Å². The zero-order chi connectivity index (χ0) is 11.5. The van der Waals surface area contributed by atoms with Crippen LogP contribution in [0, 0.1) is 12.7 Å². The lowest BCUT2D eigenvalue weighted by Gasteiger charge is -2.25. The highest BCUT2D eigenvalue weighted by Gasteiger charge is 2.21. The minimum absolute atomic E-state index is 0.247. The Labute approximate surface area is 95.8 Å². The van der Waals surface area contributed by atoms with E-state index < -0.39 is 0 Å². The van der Waals surface area contributed by atoms with Crippen molar-refractivity contribution in [3.05, 3.63) is 29.1 Å². The lowest BCUT2D eigenvalue weighted by Crippen LogP contribution is -2.28. The van der Waals surface area contributed by atoms with E-state index >= 15 is 0 Å². The second kappa shape index (κ2) is 4.83. The number of hydrogen-bond donors (Lipinski definition) is 1. The van der Waals surface area contributed by atoms with Crippen molar-refractivity contribution in [2.24, 2.45) is 0 Å². The number of piperidine rings is 1. The van der Waals surface area contributed by atoms with E-state index in [1.807, 2.05) is 13.0 Å². The van der Waals surface area contributed by atoms with Gasteiger partial charge in [-0.05, 0) is 37.9 Å². The predicted octanol–water partition coefficient (Wildman–Crippen LogP) is 2.61. The van der Waals surface area contributed by atoms with Crippen molar-refractivity contribution in [1.82, 2.24) is 5.32 Å². The molecule has 1 aliphatic heterocycles. The summed E-state index contributed by atoms with van der Waals surface area (Å²) < 4.78 is 18.9. The number of benzene rings is 1. The average molecular weight is 223 g/mol. The third kappa shape index (κ3) is 2.19. The van der Waals surface area contributed by atoms with Gasteiger partial charge in [0.25, 0.3) is 0 Å². The highest BCUT2D eigenvalue weighted by atomic mass is 19.1. The number of nitrogens with one attached hydrogen (secondary N) is 1. The summed E-state index contributed by atoms with van der Waals surface area (Å²) in [7, 11) is 1.54. The van der Waals surface area contributed by atoms with E-state index in [0.717, 1.165) is 37.1 Å². The van der Waals surface area contributed by atoms with Crippen LogP contribution in [-0.2, 0) is 0 Å². The molecule has 0 saturated carbocycles. The highest BCUT2D eigenvalue weighted by Crippen LogP contribution is 2.33. The molecular weight excluding hydrogens is 205 g/mol. The quantitative estimate of drug-likeness (QED) is 0.832. The molecule has 0 aromatic heterocycles. The Morgan fingerprint density at radius 3 is 2.88 bits per heavy atom. The Bertz CT molecular complexity index is 372. The number of rotatable bonds is 2. The third-order valence-corrected chi connectivity index (χ3v) is 3.16. The molecule has 2 rings (SSSR count). The molecular formula is C13H18FNO. The summed E-state index contributed by atoms with van der Waals surface area (Å²) in [5.41, 5.74) is 1.96. The normalized spacial score (nSPS) is 20.8. The van der Waals surface area contributed by atoms with Crippen molar-refractivity contribution in [3.8, 4) is 5.75 Å². The second-order valence-corrected chi connectivity index (χ2v) is 4.41. The van der Waals surface area contributed by atoms with Crippen molar-refractivity contribution < 1.29 is 9.13 Å². The van der Waals surface area contributed by atoms with Gasteiger partial charge in [0, 0.05) is 18.0 Å². The van der Waals surface area contributed by atoms with E-state index in [-0.39, 0.29) is 5.82 Å². The van der Waals surface area contributed by atoms with E-state index in [0.29, 0.717) is 11.7 Å². The fourth-order valence-electron chi connectivity index (χ4n) is 2.39. The average Bonchev–Trinajstić information content (AvgIpc) is 2.29. The van der Waals surface area contributed by atoms with E-state index in [2.05, 4.69) is 5.32 Å². The first-order valence-corrected chi connectivity index (χ1v) is 5.77. The van der Waals surface area contributed by atoms with Gasteiger partial charge in [-0.1, -0.05) is 6.07 Å². The summed E-state index contributed by atoms with van der Waals surface area (Å²) in [5, 5.41) is 3.35. The van der Waals surface area contributed by atoms with Gasteiger partial charge in [-0.3, -0.25) is 0 Å². The molecule has 0 amide bonds. The monoisotopic (exact) mass is 223 g/mol. The summed E-state index contributed by atoms with van der Waals surface area (Å²) in [4.78, 5) is 0. The first kappa shape index (κ1) is 11.4. The Kier molecular flexibility index (Phi) is 3.44. The first-order chi connectivity index (χ1) is 7.72. The summed E-state index contributed by atoms with van der Waals surface area (Å²) in [6.07, 6.45) is 2.25. The van der Waals surface area contributed by atoms with Crippen LogP contribution in [0.4, 0.5) is 4.39 Å². The number of aryl methyl sites for hydroxylation is 1. The topological polar surface area (TPSA) is 21.3 Å². The summed E-state index contributed by atoms with van der Waals surface area (Å²) in [6, 6.07) is 3.57. The number of methoxy groups -OCH3 is 1.